The van der Waals surface area contributed by atoms with Crippen molar-refractivity contribution in [3.63, 3.8) is 0 Å². The molecule has 3 aromatic heterocycles. The van der Waals surface area contributed by atoms with Crippen molar-refractivity contribution in [1.82, 2.24) is 35.2 Å². The summed E-state index contributed by atoms with van der Waals surface area (Å²) in [6, 6.07) is 2.19. The van der Waals surface area contributed by atoms with E-state index in [2.05, 4.69) is 45.2 Å². The normalized spacial score (nSPS) is 27.5. The summed E-state index contributed by atoms with van der Waals surface area (Å²) < 4.78 is 4.19. The Morgan fingerprint density at radius 2 is 2.03 bits per heavy atom. The minimum atomic E-state index is 0.0139. The summed E-state index contributed by atoms with van der Waals surface area (Å²) in [6.45, 7) is 8.69. The zero-order chi connectivity index (χ0) is 24.7. The van der Waals surface area contributed by atoms with Crippen molar-refractivity contribution in [2.75, 3.05) is 24.5 Å². The predicted octanol–water partition coefficient (Wildman–Crippen LogP) is 2.38. The zero-order valence-corrected chi connectivity index (χ0v) is 21.6. The SMILES string of the molecule is Cc1cc(N2CCc3c(c(C)nn3CC34CCC(NC(=O)C5CNC5)(CC3)C4)C2)c2cnn(C)c2n1. The number of rotatable bonds is 5. The fourth-order valence-corrected chi connectivity index (χ4v) is 7.35. The third kappa shape index (κ3) is 3.38. The highest BCUT2D eigenvalue weighted by atomic mass is 16.2. The fourth-order valence-electron chi connectivity index (χ4n) is 7.35. The maximum absolute atomic E-state index is 12.7. The van der Waals surface area contributed by atoms with E-state index in [1.807, 2.05) is 17.9 Å². The quantitative estimate of drug-likeness (QED) is 0.573. The molecule has 3 aromatic rings. The number of aryl methyl sites for hydroxylation is 3. The van der Waals surface area contributed by atoms with E-state index < -0.39 is 0 Å². The number of nitrogens with zero attached hydrogens (tertiary/aromatic N) is 6. The molecule has 2 aliphatic carbocycles. The van der Waals surface area contributed by atoms with E-state index in [-0.39, 0.29) is 22.8 Å². The molecular formula is C27H36N8O. The van der Waals surface area contributed by atoms with Crippen LogP contribution in [0.25, 0.3) is 11.0 Å². The summed E-state index contributed by atoms with van der Waals surface area (Å²) in [4.78, 5) is 19.9. The number of anilines is 1. The number of fused-ring (bicyclic) bond motifs is 4. The molecule has 0 spiro atoms. The standard InChI is InChI=1S/C27H36N8O/c1-17-10-23(20-13-29-33(3)24(20)30-17)34-9-4-22-21(14-34)18(2)32-35(22)16-26-5-7-27(15-26,8-6-26)31-25(36)19-11-28-12-19/h10,13,19,28H,4-9,11-12,14-16H2,1-3H3,(H,31,36). The van der Waals surface area contributed by atoms with E-state index in [4.69, 9.17) is 10.1 Å². The van der Waals surface area contributed by atoms with Crippen molar-refractivity contribution in [3.8, 4) is 0 Å². The van der Waals surface area contributed by atoms with Crippen molar-refractivity contribution in [2.24, 2.45) is 18.4 Å². The molecule has 0 atom stereocenters. The van der Waals surface area contributed by atoms with Crippen molar-refractivity contribution in [2.45, 2.75) is 71.0 Å². The summed E-state index contributed by atoms with van der Waals surface area (Å²) >= 11 is 0. The van der Waals surface area contributed by atoms with Gasteiger partial charge in [-0.1, -0.05) is 0 Å². The van der Waals surface area contributed by atoms with E-state index in [1.165, 1.54) is 29.8 Å². The van der Waals surface area contributed by atoms with Gasteiger partial charge < -0.3 is 15.5 Å². The summed E-state index contributed by atoms with van der Waals surface area (Å²) in [5.41, 5.74) is 7.37. The molecule has 0 radical (unpaired) electrons. The van der Waals surface area contributed by atoms with Gasteiger partial charge in [-0.3, -0.25) is 14.2 Å². The van der Waals surface area contributed by atoms with Gasteiger partial charge in [-0.05, 0) is 57.4 Å². The predicted molar refractivity (Wildman–Crippen MR) is 138 cm³/mol. The van der Waals surface area contributed by atoms with Crippen molar-refractivity contribution in [3.05, 3.63) is 34.9 Å². The number of aromatic nitrogens is 5. The van der Waals surface area contributed by atoms with E-state index in [9.17, 15) is 4.79 Å². The molecule has 36 heavy (non-hydrogen) atoms. The van der Waals surface area contributed by atoms with Crippen LogP contribution in [-0.2, 0) is 31.4 Å². The van der Waals surface area contributed by atoms with Crippen LogP contribution in [0.15, 0.2) is 12.3 Å². The molecule has 190 valence electrons. The highest BCUT2D eigenvalue weighted by molar-refractivity contribution is 5.89. The van der Waals surface area contributed by atoms with E-state index in [0.29, 0.717) is 0 Å². The first kappa shape index (κ1) is 22.3. The number of pyridine rings is 1. The van der Waals surface area contributed by atoms with Gasteiger partial charge in [0.05, 0.1) is 28.9 Å². The van der Waals surface area contributed by atoms with Crippen molar-refractivity contribution in [1.29, 1.82) is 0 Å². The Morgan fingerprint density at radius 1 is 1.22 bits per heavy atom. The molecule has 0 aromatic carbocycles. The molecule has 4 aliphatic rings. The van der Waals surface area contributed by atoms with Crippen molar-refractivity contribution < 1.29 is 4.79 Å². The van der Waals surface area contributed by atoms with Crippen LogP contribution >= 0.6 is 0 Å². The molecule has 2 N–H and O–H groups in total. The molecule has 7 rings (SSSR count). The molecule has 5 heterocycles. The Balaban J connectivity index is 1.11. The average molecular weight is 489 g/mol. The van der Waals surface area contributed by atoms with Gasteiger partial charge in [-0.25, -0.2) is 4.98 Å². The van der Waals surface area contributed by atoms with Crippen molar-refractivity contribution >= 4 is 22.6 Å². The Hall–Kier alpha value is -2.94. The Morgan fingerprint density at radius 3 is 2.78 bits per heavy atom. The maximum atomic E-state index is 12.7. The van der Waals surface area contributed by atoms with Gasteiger partial charge in [0.1, 0.15) is 0 Å². The van der Waals surface area contributed by atoms with Gasteiger partial charge in [0.2, 0.25) is 5.91 Å². The van der Waals surface area contributed by atoms with Gasteiger partial charge >= 0.3 is 0 Å². The lowest BCUT2D eigenvalue weighted by atomic mass is 9.83. The molecule has 1 saturated heterocycles. The fraction of sp³-hybridized carbons (Fsp3) is 0.630. The van der Waals surface area contributed by atoms with Gasteiger partial charge in [0.15, 0.2) is 5.65 Å². The molecular weight excluding hydrogens is 452 g/mol. The highest BCUT2D eigenvalue weighted by Gasteiger charge is 2.55. The second-order valence-corrected chi connectivity index (χ2v) is 11.9. The Bertz CT molecular complexity index is 1360. The van der Waals surface area contributed by atoms with Crippen LogP contribution in [0, 0.1) is 25.2 Å². The molecule has 1 amide bonds. The lowest BCUT2D eigenvalue weighted by molar-refractivity contribution is -0.128. The number of carbonyl (C=O) groups excluding carboxylic acids is 1. The molecule has 9 heteroatoms. The average Bonchev–Trinajstić information content (AvgIpc) is 3.54. The van der Waals surface area contributed by atoms with Crippen LogP contribution in [-0.4, -0.2) is 55.6 Å². The lowest BCUT2D eigenvalue weighted by Gasteiger charge is -2.33. The lowest BCUT2D eigenvalue weighted by Crippen LogP contribution is -2.55. The first-order valence-electron chi connectivity index (χ1n) is 13.5. The number of carbonyl (C=O) groups is 1. The number of nitrogens with one attached hydrogen (secondary N) is 2. The topological polar surface area (TPSA) is 92.9 Å². The second-order valence-electron chi connectivity index (χ2n) is 11.9. The van der Waals surface area contributed by atoms with E-state index >= 15 is 0 Å². The first-order chi connectivity index (χ1) is 17.3. The van der Waals surface area contributed by atoms with Crippen LogP contribution in [0.1, 0.15) is 54.7 Å². The summed E-state index contributed by atoms with van der Waals surface area (Å²) in [5, 5.41) is 17.4. The molecule has 3 fully saturated rings. The molecule has 0 unspecified atom stereocenters. The summed E-state index contributed by atoms with van der Waals surface area (Å²) in [6.07, 6.45) is 8.62. The summed E-state index contributed by atoms with van der Waals surface area (Å²) in [7, 11) is 1.96. The monoisotopic (exact) mass is 488 g/mol. The Labute approximate surface area is 211 Å². The number of hydrogen-bond acceptors (Lipinski definition) is 6. The smallest absolute Gasteiger partial charge is 0.226 e. The molecule has 2 aliphatic heterocycles. The number of amides is 1. The van der Waals surface area contributed by atoms with Gasteiger partial charge in [-0.2, -0.15) is 10.2 Å². The van der Waals surface area contributed by atoms with Crippen LogP contribution < -0.4 is 15.5 Å². The highest BCUT2D eigenvalue weighted by Crippen LogP contribution is 2.57. The Kier molecular flexibility index (Phi) is 4.81. The maximum Gasteiger partial charge on any atom is 0.226 e. The molecule has 2 bridgehead atoms. The van der Waals surface area contributed by atoms with E-state index in [0.717, 1.165) is 80.8 Å². The molecule has 9 nitrogen and oxygen atoms in total. The summed E-state index contributed by atoms with van der Waals surface area (Å²) in [5.74, 6) is 0.420. The van der Waals surface area contributed by atoms with Crippen LogP contribution in [0.3, 0.4) is 0 Å². The zero-order valence-electron chi connectivity index (χ0n) is 21.6. The number of hydrogen-bond donors (Lipinski definition) is 2. The van der Waals surface area contributed by atoms with Gasteiger partial charge in [-0.15, -0.1) is 0 Å². The van der Waals surface area contributed by atoms with Crippen LogP contribution in [0.4, 0.5) is 5.69 Å². The minimum absolute atomic E-state index is 0.0139. The van der Waals surface area contributed by atoms with Crippen LogP contribution in [0.5, 0.6) is 0 Å². The van der Waals surface area contributed by atoms with Crippen LogP contribution in [0.2, 0.25) is 0 Å². The van der Waals surface area contributed by atoms with E-state index in [1.54, 1.807) is 0 Å². The van der Waals surface area contributed by atoms with Gasteiger partial charge in [0, 0.05) is 68.7 Å². The third-order valence-electron chi connectivity index (χ3n) is 9.49. The minimum Gasteiger partial charge on any atom is -0.366 e. The van der Waals surface area contributed by atoms with Gasteiger partial charge in [0.25, 0.3) is 0 Å². The largest absolute Gasteiger partial charge is 0.366 e. The third-order valence-corrected chi connectivity index (χ3v) is 9.49. The second kappa shape index (κ2) is 7.78. The first-order valence-corrected chi connectivity index (χ1v) is 13.5. The molecule has 2 saturated carbocycles.